The zero-order valence-electron chi connectivity index (χ0n) is 22.3. The number of pyridine rings is 1. The standard InChI is InChI=1S/C22H16F3N7O3S.C6H4ClF/c23-22(24,25)15-6-5-11(7-26-15)8-28-21(35)19-29-18(13-9-27-16(33)10-32(13)19)30-20(34)17-12-3-1-2-4-14(12)36-31-17;7-5-1-3-6(8)4-2-5/h1-7H,8-10H2,(H,27,33)(H,28,35)(H,30,34);1-4H. The number of carbonyl (C=O) groups excluding carboxylic acids is 3. The first-order valence-electron chi connectivity index (χ1n) is 12.7. The maximum absolute atomic E-state index is 12.9. The molecular weight excluding hydrogens is 626 g/mol. The lowest BCUT2D eigenvalue weighted by Gasteiger charge is -2.18. The molecule has 226 valence electrons. The molecule has 0 fully saturated rings. The molecule has 1 aliphatic rings. The van der Waals surface area contributed by atoms with Crippen LogP contribution in [0.2, 0.25) is 5.02 Å². The lowest BCUT2D eigenvalue weighted by atomic mass is 10.2. The van der Waals surface area contributed by atoms with Crippen molar-refractivity contribution in [2.75, 3.05) is 5.32 Å². The molecule has 0 saturated carbocycles. The van der Waals surface area contributed by atoms with Crippen molar-refractivity contribution >= 4 is 56.8 Å². The molecule has 0 atom stereocenters. The van der Waals surface area contributed by atoms with E-state index < -0.39 is 23.7 Å². The topological polar surface area (TPSA) is 131 Å². The number of hydrogen-bond acceptors (Lipinski definition) is 7. The zero-order chi connectivity index (χ0) is 31.4. The Kier molecular flexibility index (Phi) is 8.87. The lowest BCUT2D eigenvalue weighted by Crippen LogP contribution is -2.37. The van der Waals surface area contributed by atoms with E-state index >= 15 is 0 Å². The predicted octanol–water partition coefficient (Wildman–Crippen LogP) is 5.20. The van der Waals surface area contributed by atoms with Crippen molar-refractivity contribution in [1.82, 2.24) is 29.5 Å². The maximum Gasteiger partial charge on any atom is 0.433 e. The highest BCUT2D eigenvalue weighted by Crippen LogP contribution is 2.28. The molecule has 10 nitrogen and oxygen atoms in total. The number of carbonyl (C=O) groups is 3. The van der Waals surface area contributed by atoms with Crippen molar-refractivity contribution < 1.29 is 31.9 Å². The summed E-state index contributed by atoms with van der Waals surface area (Å²) in [5, 5.41) is 9.11. The number of amides is 3. The molecule has 0 radical (unpaired) electrons. The Hall–Kier alpha value is -4.89. The molecule has 0 saturated heterocycles. The largest absolute Gasteiger partial charge is 0.433 e. The van der Waals surface area contributed by atoms with Gasteiger partial charge in [0.25, 0.3) is 11.8 Å². The summed E-state index contributed by atoms with van der Waals surface area (Å²) in [5.74, 6) is -1.83. The maximum atomic E-state index is 12.9. The van der Waals surface area contributed by atoms with E-state index in [2.05, 4.69) is 30.3 Å². The fraction of sp³-hybridized carbons (Fsp3) is 0.143. The second-order valence-corrected chi connectivity index (χ2v) is 10.5. The first-order valence-corrected chi connectivity index (χ1v) is 13.9. The number of rotatable bonds is 5. The van der Waals surface area contributed by atoms with Crippen LogP contribution in [-0.4, -0.2) is 36.6 Å². The van der Waals surface area contributed by atoms with Crippen LogP contribution in [0.1, 0.15) is 38.1 Å². The van der Waals surface area contributed by atoms with E-state index in [0.717, 1.165) is 17.0 Å². The predicted molar refractivity (Wildman–Crippen MR) is 153 cm³/mol. The fourth-order valence-corrected chi connectivity index (χ4v) is 4.99. The highest BCUT2D eigenvalue weighted by atomic mass is 35.5. The van der Waals surface area contributed by atoms with E-state index in [4.69, 9.17) is 11.6 Å². The molecular formula is C28H20ClF4N7O3S. The van der Waals surface area contributed by atoms with Gasteiger partial charge in [-0.1, -0.05) is 35.9 Å². The number of nitrogens with one attached hydrogen (secondary N) is 3. The minimum absolute atomic E-state index is 0.0371. The minimum atomic E-state index is -4.57. The second kappa shape index (κ2) is 12.8. The first kappa shape index (κ1) is 30.6. The molecule has 0 spiro atoms. The van der Waals surface area contributed by atoms with Gasteiger partial charge in [-0.2, -0.15) is 17.5 Å². The third-order valence-electron chi connectivity index (χ3n) is 6.23. The number of anilines is 1. The van der Waals surface area contributed by atoms with Crippen molar-refractivity contribution in [3.63, 3.8) is 0 Å². The normalized spacial score (nSPS) is 12.5. The van der Waals surface area contributed by atoms with E-state index in [9.17, 15) is 31.9 Å². The van der Waals surface area contributed by atoms with Gasteiger partial charge in [0.1, 0.15) is 23.7 Å². The third-order valence-corrected chi connectivity index (χ3v) is 7.31. The Morgan fingerprint density at radius 3 is 2.48 bits per heavy atom. The Bertz CT molecular complexity index is 1820. The van der Waals surface area contributed by atoms with Gasteiger partial charge in [0.15, 0.2) is 5.82 Å². The van der Waals surface area contributed by atoms with E-state index in [1.54, 1.807) is 12.1 Å². The van der Waals surface area contributed by atoms with Crippen LogP contribution < -0.4 is 16.0 Å². The van der Waals surface area contributed by atoms with Crippen LogP contribution in [0.4, 0.5) is 23.4 Å². The molecule has 0 unspecified atom stereocenters. The number of fused-ring (bicyclic) bond motifs is 2. The Labute approximate surface area is 255 Å². The number of imidazole rings is 1. The number of aromatic nitrogens is 4. The molecule has 0 aliphatic carbocycles. The molecule has 4 heterocycles. The van der Waals surface area contributed by atoms with Gasteiger partial charge in [-0.3, -0.25) is 19.4 Å². The molecule has 3 N–H and O–H groups in total. The highest BCUT2D eigenvalue weighted by Gasteiger charge is 2.32. The Morgan fingerprint density at radius 2 is 1.80 bits per heavy atom. The number of nitrogens with zero attached hydrogens (tertiary/aromatic N) is 4. The van der Waals surface area contributed by atoms with Crippen LogP contribution in [0.3, 0.4) is 0 Å². The summed E-state index contributed by atoms with van der Waals surface area (Å²) in [5.41, 5.74) is -0.0792. The zero-order valence-corrected chi connectivity index (χ0v) is 23.9. The van der Waals surface area contributed by atoms with Crippen LogP contribution >= 0.6 is 23.1 Å². The summed E-state index contributed by atoms with van der Waals surface area (Å²) < 4.78 is 56.5. The summed E-state index contributed by atoms with van der Waals surface area (Å²) in [6.07, 6.45) is -3.55. The van der Waals surface area contributed by atoms with Crippen LogP contribution in [0.5, 0.6) is 0 Å². The van der Waals surface area contributed by atoms with E-state index in [1.807, 2.05) is 12.1 Å². The Morgan fingerprint density at radius 1 is 1.05 bits per heavy atom. The SMILES string of the molecule is Fc1ccc(Cl)cc1.O=C1Cn2c(C(=O)NCc3ccc(C(F)(F)F)nc3)nc(NC(=O)c3nsc4ccccc34)c2CN1. The van der Waals surface area contributed by atoms with Gasteiger partial charge < -0.3 is 20.5 Å². The number of benzene rings is 2. The third kappa shape index (κ3) is 7.01. The van der Waals surface area contributed by atoms with Crippen LogP contribution in [0.25, 0.3) is 10.1 Å². The monoisotopic (exact) mass is 645 g/mol. The number of hydrogen-bond donors (Lipinski definition) is 3. The summed E-state index contributed by atoms with van der Waals surface area (Å²) in [6.45, 7) is -0.275. The lowest BCUT2D eigenvalue weighted by molar-refractivity contribution is -0.141. The molecule has 3 amide bonds. The van der Waals surface area contributed by atoms with Gasteiger partial charge in [-0.15, -0.1) is 0 Å². The van der Waals surface area contributed by atoms with Gasteiger partial charge in [0.05, 0.1) is 16.9 Å². The van der Waals surface area contributed by atoms with Gasteiger partial charge in [-0.25, -0.2) is 9.37 Å². The second-order valence-electron chi connectivity index (χ2n) is 9.24. The first-order chi connectivity index (χ1) is 21.0. The summed E-state index contributed by atoms with van der Waals surface area (Å²) >= 11 is 6.62. The van der Waals surface area contributed by atoms with Gasteiger partial charge in [0, 0.05) is 23.2 Å². The van der Waals surface area contributed by atoms with Crippen LogP contribution in [-0.2, 0) is 30.6 Å². The number of halogens is 5. The molecule has 5 aromatic rings. The molecule has 44 heavy (non-hydrogen) atoms. The summed E-state index contributed by atoms with van der Waals surface area (Å²) in [4.78, 5) is 45.4. The Balaban J connectivity index is 0.000000418. The van der Waals surface area contributed by atoms with Crippen LogP contribution in [0.15, 0.2) is 66.9 Å². The van der Waals surface area contributed by atoms with E-state index in [1.165, 1.54) is 46.4 Å². The number of alkyl halides is 3. The molecule has 1 aliphatic heterocycles. The average molecular weight is 646 g/mol. The minimum Gasteiger partial charge on any atom is -0.349 e. The highest BCUT2D eigenvalue weighted by molar-refractivity contribution is 7.13. The molecule has 0 bridgehead atoms. The summed E-state index contributed by atoms with van der Waals surface area (Å²) in [6, 6.07) is 14.9. The van der Waals surface area contributed by atoms with Crippen molar-refractivity contribution in [3.05, 3.63) is 106 Å². The van der Waals surface area contributed by atoms with E-state index in [0.29, 0.717) is 21.7 Å². The smallest absolute Gasteiger partial charge is 0.349 e. The molecule has 16 heteroatoms. The van der Waals surface area contributed by atoms with Gasteiger partial charge in [0.2, 0.25) is 11.7 Å². The summed E-state index contributed by atoms with van der Waals surface area (Å²) in [7, 11) is 0. The van der Waals surface area contributed by atoms with Crippen molar-refractivity contribution in [2.45, 2.75) is 25.8 Å². The molecule has 6 rings (SSSR count). The van der Waals surface area contributed by atoms with Crippen molar-refractivity contribution in [3.8, 4) is 0 Å². The quantitative estimate of drug-likeness (QED) is 0.225. The molecule has 3 aromatic heterocycles. The average Bonchev–Trinajstić information content (AvgIpc) is 3.59. The van der Waals surface area contributed by atoms with Gasteiger partial charge >= 0.3 is 6.18 Å². The fourth-order valence-electron chi connectivity index (χ4n) is 4.10. The molecule has 2 aromatic carbocycles. The van der Waals surface area contributed by atoms with Gasteiger partial charge in [-0.05, 0) is 53.5 Å². The van der Waals surface area contributed by atoms with Crippen molar-refractivity contribution in [1.29, 1.82) is 0 Å². The van der Waals surface area contributed by atoms with Crippen LogP contribution in [0, 0.1) is 5.82 Å². The van der Waals surface area contributed by atoms with E-state index in [-0.39, 0.29) is 48.7 Å². The van der Waals surface area contributed by atoms with Crippen molar-refractivity contribution in [2.24, 2.45) is 0 Å².